The van der Waals surface area contributed by atoms with Gasteiger partial charge in [0.1, 0.15) is 10.9 Å². The minimum absolute atomic E-state index is 0.119. The smallest absolute Gasteiger partial charge is 0.266 e. The number of hydrogen-bond donors (Lipinski definition) is 1. The van der Waals surface area contributed by atoms with Crippen molar-refractivity contribution < 1.29 is 23.8 Å². The van der Waals surface area contributed by atoms with Gasteiger partial charge in [0, 0.05) is 6.54 Å². The standard InChI is InChI=1S/C23H24N2O5S2/c1-28-17-11-16(12-18(29-2)21(17)30-3)13-19-22(27)25(23(31)32-19)14-20(26)24-10-9-15-7-5-4-6-8-15/h4-8,11-13H,9-10,14H2,1-3H3,(H,24,26). The lowest BCUT2D eigenvalue weighted by molar-refractivity contribution is -0.128. The van der Waals surface area contributed by atoms with E-state index in [2.05, 4.69) is 5.32 Å². The first kappa shape index (κ1) is 23.6. The van der Waals surface area contributed by atoms with E-state index in [1.54, 1.807) is 18.2 Å². The van der Waals surface area contributed by atoms with Gasteiger partial charge in [0.05, 0.1) is 26.2 Å². The van der Waals surface area contributed by atoms with E-state index in [9.17, 15) is 9.59 Å². The molecule has 168 valence electrons. The zero-order chi connectivity index (χ0) is 23.1. The van der Waals surface area contributed by atoms with Crippen molar-refractivity contribution in [2.24, 2.45) is 0 Å². The Labute approximate surface area is 196 Å². The van der Waals surface area contributed by atoms with Crippen molar-refractivity contribution in [1.29, 1.82) is 0 Å². The maximum Gasteiger partial charge on any atom is 0.266 e. The predicted molar refractivity (Wildman–Crippen MR) is 129 cm³/mol. The molecule has 1 heterocycles. The number of nitrogens with zero attached hydrogens (tertiary/aromatic N) is 1. The first-order valence-corrected chi connectivity index (χ1v) is 11.0. The molecule has 0 spiro atoms. The first-order chi connectivity index (χ1) is 15.5. The van der Waals surface area contributed by atoms with Gasteiger partial charge in [-0.15, -0.1) is 0 Å². The van der Waals surface area contributed by atoms with Crippen molar-refractivity contribution in [3.05, 3.63) is 58.5 Å². The highest BCUT2D eigenvalue weighted by Gasteiger charge is 2.33. The number of ether oxygens (including phenoxy) is 3. The van der Waals surface area contributed by atoms with Crippen LogP contribution in [0.1, 0.15) is 11.1 Å². The third kappa shape index (κ3) is 5.60. The van der Waals surface area contributed by atoms with Crippen LogP contribution in [0.3, 0.4) is 0 Å². The van der Waals surface area contributed by atoms with E-state index in [0.717, 1.165) is 17.3 Å². The van der Waals surface area contributed by atoms with E-state index >= 15 is 0 Å². The number of amides is 2. The second-order valence-electron chi connectivity index (χ2n) is 6.81. The molecule has 0 atom stereocenters. The fourth-order valence-corrected chi connectivity index (χ4v) is 4.42. The molecule has 1 N–H and O–H groups in total. The number of carbonyl (C=O) groups is 2. The maximum absolute atomic E-state index is 12.9. The van der Waals surface area contributed by atoms with Gasteiger partial charge in [-0.2, -0.15) is 0 Å². The van der Waals surface area contributed by atoms with Crippen LogP contribution >= 0.6 is 24.0 Å². The van der Waals surface area contributed by atoms with Crippen LogP contribution in [0.25, 0.3) is 6.08 Å². The molecular formula is C23H24N2O5S2. The molecule has 0 radical (unpaired) electrons. The molecule has 0 aromatic heterocycles. The number of nitrogens with one attached hydrogen (secondary N) is 1. The Morgan fingerprint density at radius 3 is 2.34 bits per heavy atom. The quantitative estimate of drug-likeness (QED) is 0.443. The molecule has 3 rings (SSSR count). The highest BCUT2D eigenvalue weighted by Crippen LogP contribution is 2.40. The van der Waals surface area contributed by atoms with Crippen molar-refractivity contribution in [3.63, 3.8) is 0 Å². The highest BCUT2D eigenvalue weighted by molar-refractivity contribution is 8.26. The van der Waals surface area contributed by atoms with E-state index in [4.69, 9.17) is 26.4 Å². The zero-order valence-corrected chi connectivity index (χ0v) is 19.7. The normalized spacial score (nSPS) is 14.6. The van der Waals surface area contributed by atoms with Crippen LogP contribution in [0.2, 0.25) is 0 Å². The Bertz CT molecular complexity index is 1010. The van der Waals surface area contributed by atoms with Crippen molar-refractivity contribution in [1.82, 2.24) is 10.2 Å². The van der Waals surface area contributed by atoms with E-state index in [-0.39, 0.29) is 18.4 Å². The molecule has 1 aliphatic heterocycles. The number of benzene rings is 2. The molecule has 2 amide bonds. The summed E-state index contributed by atoms with van der Waals surface area (Å²) in [4.78, 5) is 26.9. The molecule has 1 saturated heterocycles. The van der Waals surface area contributed by atoms with Gasteiger partial charge in [-0.05, 0) is 35.8 Å². The van der Waals surface area contributed by atoms with Gasteiger partial charge in [0.15, 0.2) is 11.5 Å². The number of methoxy groups -OCH3 is 3. The molecule has 1 aliphatic rings. The monoisotopic (exact) mass is 472 g/mol. The highest BCUT2D eigenvalue weighted by atomic mass is 32.2. The average Bonchev–Trinajstić information content (AvgIpc) is 3.06. The Morgan fingerprint density at radius 1 is 1.09 bits per heavy atom. The summed E-state index contributed by atoms with van der Waals surface area (Å²) in [7, 11) is 4.57. The molecule has 0 unspecified atom stereocenters. The predicted octanol–water partition coefficient (Wildman–Crippen LogP) is 3.27. The Kier molecular flexibility index (Phi) is 8.13. The third-order valence-electron chi connectivity index (χ3n) is 4.74. The number of rotatable bonds is 9. The van der Waals surface area contributed by atoms with Crippen LogP contribution in [-0.2, 0) is 16.0 Å². The number of thioether (sulfide) groups is 1. The maximum atomic E-state index is 12.9. The van der Waals surface area contributed by atoms with Crippen LogP contribution in [0.5, 0.6) is 17.2 Å². The molecule has 2 aromatic carbocycles. The van der Waals surface area contributed by atoms with E-state index in [1.165, 1.54) is 26.2 Å². The SMILES string of the molecule is COc1cc(C=C2SC(=S)N(CC(=O)NCCc3ccccc3)C2=O)cc(OC)c1OC. The molecule has 0 saturated carbocycles. The van der Waals surface area contributed by atoms with Crippen molar-refractivity contribution in [2.45, 2.75) is 6.42 Å². The van der Waals surface area contributed by atoms with Crippen LogP contribution < -0.4 is 19.5 Å². The summed E-state index contributed by atoms with van der Waals surface area (Å²) >= 11 is 6.49. The second-order valence-corrected chi connectivity index (χ2v) is 8.49. The summed E-state index contributed by atoms with van der Waals surface area (Å²) in [6.45, 7) is 0.366. The molecule has 7 nitrogen and oxygen atoms in total. The van der Waals surface area contributed by atoms with Gasteiger partial charge >= 0.3 is 0 Å². The Balaban J connectivity index is 1.66. The number of hydrogen-bond acceptors (Lipinski definition) is 7. The molecule has 0 bridgehead atoms. The summed E-state index contributed by atoms with van der Waals surface area (Å²) in [6, 6.07) is 13.3. The molecule has 9 heteroatoms. The minimum Gasteiger partial charge on any atom is -0.493 e. The summed E-state index contributed by atoms with van der Waals surface area (Å²) in [6.07, 6.45) is 2.41. The molecule has 32 heavy (non-hydrogen) atoms. The lowest BCUT2D eigenvalue weighted by Crippen LogP contribution is -2.40. The fraction of sp³-hybridized carbons (Fsp3) is 0.261. The summed E-state index contributed by atoms with van der Waals surface area (Å²) < 4.78 is 16.4. The van der Waals surface area contributed by atoms with Crippen LogP contribution in [0.15, 0.2) is 47.4 Å². The Hall–Kier alpha value is -3.04. The number of carbonyl (C=O) groups excluding carboxylic acids is 2. The van der Waals surface area contributed by atoms with Gasteiger partial charge in [0.2, 0.25) is 11.7 Å². The third-order valence-corrected chi connectivity index (χ3v) is 6.12. The summed E-state index contributed by atoms with van der Waals surface area (Å²) in [5.74, 6) is 0.850. The van der Waals surface area contributed by atoms with Crippen LogP contribution in [0.4, 0.5) is 0 Å². The van der Waals surface area contributed by atoms with Crippen molar-refractivity contribution in [2.75, 3.05) is 34.4 Å². The van der Waals surface area contributed by atoms with Crippen molar-refractivity contribution in [3.8, 4) is 17.2 Å². The van der Waals surface area contributed by atoms with Crippen LogP contribution in [0, 0.1) is 0 Å². The summed E-state index contributed by atoms with van der Waals surface area (Å²) in [5, 5.41) is 2.84. The largest absolute Gasteiger partial charge is 0.493 e. The second kappa shape index (κ2) is 11.0. The van der Waals surface area contributed by atoms with Crippen LogP contribution in [-0.4, -0.2) is 55.5 Å². The molecule has 0 aliphatic carbocycles. The van der Waals surface area contributed by atoms with E-state index in [1.807, 2.05) is 30.3 Å². The van der Waals surface area contributed by atoms with Gasteiger partial charge in [-0.25, -0.2) is 0 Å². The lowest BCUT2D eigenvalue weighted by atomic mass is 10.1. The van der Waals surface area contributed by atoms with Gasteiger partial charge in [0.25, 0.3) is 5.91 Å². The van der Waals surface area contributed by atoms with Gasteiger partial charge in [-0.1, -0.05) is 54.3 Å². The van der Waals surface area contributed by atoms with Crippen molar-refractivity contribution >= 4 is 46.2 Å². The molecule has 2 aromatic rings. The molecular weight excluding hydrogens is 448 g/mol. The molecule has 1 fully saturated rings. The first-order valence-electron chi connectivity index (χ1n) is 9.82. The Morgan fingerprint density at radius 2 is 1.75 bits per heavy atom. The zero-order valence-electron chi connectivity index (χ0n) is 18.0. The minimum atomic E-state index is -0.313. The van der Waals surface area contributed by atoms with Gasteiger partial charge in [-0.3, -0.25) is 14.5 Å². The summed E-state index contributed by atoms with van der Waals surface area (Å²) in [5.41, 5.74) is 1.82. The topological polar surface area (TPSA) is 77.1 Å². The van der Waals surface area contributed by atoms with Gasteiger partial charge < -0.3 is 19.5 Å². The average molecular weight is 473 g/mol. The van der Waals surface area contributed by atoms with E-state index in [0.29, 0.717) is 45.0 Å². The lowest BCUT2D eigenvalue weighted by Gasteiger charge is -2.14. The fourth-order valence-electron chi connectivity index (χ4n) is 3.16. The van der Waals surface area contributed by atoms with E-state index < -0.39 is 0 Å². The number of thiocarbonyl (C=S) groups is 1.